The second kappa shape index (κ2) is 1.58. The van der Waals surface area contributed by atoms with Crippen LogP contribution in [0.1, 0.15) is 13.8 Å². The molecule has 0 fully saturated rings. The van der Waals surface area contributed by atoms with Crippen molar-refractivity contribution in [3.8, 4) is 0 Å². The molecule has 0 rings (SSSR count). The van der Waals surface area contributed by atoms with Crippen molar-refractivity contribution in [3.05, 3.63) is 0 Å². The number of hydrogen-bond donors (Lipinski definition) is 2. The van der Waals surface area contributed by atoms with Crippen LogP contribution in [0.15, 0.2) is 0 Å². The molecule has 0 aliphatic rings. The predicted octanol–water partition coefficient (Wildman–Crippen LogP) is -0.0994. The van der Waals surface area contributed by atoms with Crippen molar-refractivity contribution in [1.29, 1.82) is 0 Å². The van der Waals surface area contributed by atoms with Crippen LogP contribution in [0.3, 0.4) is 0 Å². The van der Waals surface area contributed by atoms with E-state index in [4.69, 9.17) is 5.73 Å². The maximum Gasteiger partial charge on any atom is 0.0601 e. The van der Waals surface area contributed by atoms with Gasteiger partial charge in [0.25, 0.3) is 0 Å². The molecule has 0 spiro atoms. The molecule has 38 valence electrons. The van der Waals surface area contributed by atoms with Gasteiger partial charge in [-0.2, -0.15) is 0 Å². The van der Waals surface area contributed by atoms with Gasteiger partial charge in [-0.05, 0) is 20.9 Å². The van der Waals surface area contributed by atoms with Gasteiger partial charge in [0.15, 0.2) is 0 Å². The lowest BCUT2D eigenvalue weighted by Gasteiger charge is -2.15. The van der Waals surface area contributed by atoms with Gasteiger partial charge in [-0.25, -0.2) is 0 Å². The van der Waals surface area contributed by atoms with Gasteiger partial charge in [0.05, 0.1) is 5.66 Å². The highest BCUT2D eigenvalue weighted by Gasteiger charge is 2.02. The van der Waals surface area contributed by atoms with Crippen LogP contribution in [-0.2, 0) is 0 Å². The van der Waals surface area contributed by atoms with E-state index in [1.165, 1.54) is 0 Å². The minimum Gasteiger partial charge on any atom is -0.314 e. The van der Waals surface area contributed by atoms with Crippen molar-refractivity contribution in [2.24, 2.45) is 5.73 Å². The van der Waals surface area contributed by atoms with Crippen molar-refractivity contribution < 1.29 is 0 Å². The SMILES string of the molecule is CNC(C)(C)N. The summed E-state index contributed by atoms with van der Waals surface area (Å²) in [5, 5.41) is 2.88. The van der Waals surface area contributed by atoms with Gasteiger partial charge in [-0.1, -0.05) is 0 Å². The first-order valence-corrected chi connectivity index (χ1v) is 2.04. The maximum absolute atomic E-state index is 5.42. The lowest BCUT2D eigenvalue weighted by molar-refractivity contribution is 0.443. The largest absolute Gasteiger partial charge is 0.314 e. The number of nitrogens with one attached hydrogen (secondary N) is 1. The van der Waals surface area contributed by atoms with Gasteiger partial charge in [0.1, 0.15) is 0 Å². The fourth-order valence-corrected chi connectivity index (χ4v) is 0. The molecule has 0 aliphatic heterocycles. The predicted molar refractivity (Wildman–Crippen MR) is 27.3 cm³/mol. The van der Waals surface area contributed by atoms with Gasteiger partial charge in [0, 0.05) is 0 Å². The molecule has 0 radical (unpaired) electrons. The van der Waals surface area contributed by atoms with Gasteiger partial charge in [0.2, 0.25) is 0 Å². The molecule has 0 bridgehead atoms. The second-order valence-corrected chi connectivity index (χ2v) is 1.97. The van der Waals surface area contributed by atoms with Crippen LogP contribution < -0.4 is 11.1 Å². The highest BCUT2D eigenvalue weighted by molar-refractivity contribution is 4.62. The average Bonchev–Trinajstić information content (AvgIpc) is 1.35. The van der Waals surface area contributed by atoms with Crippen LogP contribution in [-0.4, -0.2) is 12.7 Å². The molecule has 6 heavy (non-hydrogen) atoms. The van der Waals surface area contributed by atoms with Crippen LogP contribution in [0, 0.1) is 0 Å². The van der Waals surface area contributed by atoms with Crippen molar-refractivity contribution in [1.82, 2.24) is 5.32 Å². The molecule has 0 saturated carbocycles. The van der Waals surface area contributed by atoms with E-state index in [1.54, 1.807) is 0 Å². The van der Waals surface area contributed by atoms with E-state index in [2.05, 4.69) is 5.32 Å². The molecule has 2 heteroatoms. The Morgan fingerprint density at radius 2 is 1.67 bits per heavy atom. The summed E-state index contributed by atoms with van der Waals surface area (Å²) in [5.41, 5.74) is 5.22. The quantitative estimate of drug-likeness (QED) is 0.439. The Morgan fingerprint density at radius 1 is 1.50 bits per heavy atom. The molecule has 0 unspecified atom stereocenters. The van der Waals surface area contributed by atoms with E-state index >= 15 is 0 Å². The van der Waals surface area contributed by atoms with Gasteiger partial charge < -0.3 is 11.1 Å². The third kappa shape index (κ3) is 3.92. The summed E-state index contributed by atoms with van der Waals surface area (Å²) in [6.07, 6.45) is 0. The second-order valence-electron chi connectivity index (χ2n) is 1.97. The minimum absolute atomic E-state index is 0.208. The van der Waals surface area contributed by atoms with Crippen LogP contribution >= 0.6 is 0 Å². The highest BCUT2D eigenvalue weighted by atomic mass is 15.0. The molecule has 0 aromatic rings. The molecule has 0 amide bonds. The van der Waals surface area contributed by atoms with Gasteiger partial charge in [-0.15, -0.1) is 0 Å². The van der Waals surface area contributed by atoms with Crippen LogP contribution in [0.2, 0.25) is 0 Å². The Labute approximate surface area is 38.7 Å². The first-order valence-electron chi connectivity index (χ1n) is 2.04. The summed E-state index contributed by atoms with van der Waals surface area (Å²) in [4.78, 5) is 0. The molecule has 0 aliphatic carbocycles. The molecular formula is C4H12N2. The number of rotatable bonds is 1. The molecule has 0 heterocycles. The lowest BCUT2D eigenvalue weighted by atomic mass is 10.3. The van der Waals surface area contributed by atoms with E-state index in [-0.39, 0.29) is 5.66 Å². The van der Waals surface area contributed by atoms with E-state index < -0.39 is 0 Å². The third-order valence-corrected chi connectivity index (χ3v) is 0.644. The standard InChI is InChI=1S/C4H12N2/c1-4(2,5)6-3/h6H,5H2,1-3H3. The van der Waals surface area contributed by atoms with Crippen LogP contribution in [0.4, 0.5) is 0 Å². The summed E-state index contributed by atoms with van der Waals surface area (Å²) >= 11 is 0. The zero-order valence-corrected chi connectivity index (χ0v) is 4.58. The maximum atomic E-state index is 5.42. The Morgan fingerprint density at radius 3 is 1.67 bits per heavy atom. The van der Waals surface area contributed by atoms with E-state index in [0.717, 1.165) is 0 Å². The highest BCUT2D eigenvalue weighted by Crippen LogP contribution is 1.83. The summed E-state index contributed by atoms with van der Waals surface area (Å²) in [6, 6.07) is 0. The lowest BCUT2D eigenvalue weighted by Crippen LogP contribution is -2.45. The van der Waals surface area contributed by atoms with Crippen molar-refractivity contribution in [2.75, 3.05) is 7.05 Å². The van der Waals surface area contributed by atoms with E-state index in [1.807, 2.05) is 20.9 Å². The Kier molecular flexibility index (Phi) is 1.56. The van der Waals surface area contributed by atoms with Crippen LogP contribution in [0.25, 0.3) is 0 Å². The molecule has 3 N–H and O–H groups in total. The van der Waals surface area contributed by atoms with E-state index in [9.17, 15) is 0 Å². The first kappa shape index (κ1) is 5.92. The molecular weight excluding hydrogens is 76.1 g/mol. The Balaban J connectivity index is 3.17. The molecule has 0 atom stereocenters. The summed E-state index contributed by atoms with van der Waals surface area (Å²) < 4.78 is 0. The Bertz CT molecular complexity index is 35.3. The molecule has 0 saturated heterocycles. The summed E-state index contributed by atoms with van der Waals surface area (Å²) in [6.45, 7) is 3.82. The van der Waals surface area contributed by atoms with Crippen molar-refractivity contribution in [2.45, 2.75) is 19.5 Å². The monoisotopic (exact) mass is 88.1 g/mol. The molecule has 2 nitrogen and oxygen atoms in total. The first-order chi connectivity index (χ1) is 2.56. The smallest absolute Gasteiger partial charge is 0.0601 e. The third-order valence-electron chi connectivity index (χ3n) is 0.644. The van der Waals surface area contributed by atoms with Crippen LogP contribution in [0.5, 0.6) is 0 Å². The number of hydrogen-bond acceptors (Lipinski definition) is 2. The summed E-state index contributed by atoms with van der Waals surface area (Å²) in [7, 11) is 1.83. The average molecular weight is 88.2 g/mol. The fraction of sp³-hybridized carbons (Fsp3) is 1.00. The fourth-order valence-electron chi connectivity index (χ4n) is 0. The summed E-state index contributed by atoms with van der Waals surface area (Å²) in [5.74, 6) is 0. The van der Waals surface area contributed by atoms with E-state index in [0.29, 0.717) is 0 Å². The van der Waals surface area contributed by atoms with Crippen molar-refractivity contribution >= 4 is 0 Å². The van der Waals surface area contributed by atoms with Gasteiger partial charge in [-0.3, -0.25) is 0 Å². The normalized spacial score (nSPS) is 12.0. The van der Waals surface area contributed by atoms with Gasteiger partial charge >= 0.3 is 0 Å². The van der Waals surface area contributed by atoms with Crippen molar-refractivity contribution in [3.63, 3.8) is 0 Å². The topological polar surface area (TPSA) is 38.0 Å². The minimum atomic E-state index is -0.208. The molecule has 0 aromatic heterocycles. The zero-order valence-electron chi connectivity index (χ0n) is 4.58. The zero-order chi connectivity index (χ0) is 5.21. The Hall–Kier alpha value is -0.0800. The molecule has 0 aromatic carbocycles. The number of nitrogens with two attached hydrogens (primary N) is 1.